The number of amides is 3. The Hall–Kier alpha value is -2.41. The summed E-state index contributed by atoms with van der Waals surface area (Å²) in [4.78, 5) is 36.1. The topological polar surface area (TPSA) is 95.9 Å². The first-order valence-electron chi connectivity index (χ1n) is 5.99. The van der Waals surface area contributed by atoms with E-state index in [1.807, 2.05) is 0 Å². The number of carboxylic acid groups (broad SMARTS) is 1. The van der Waals surface area contributed by atoms with Crippen molar-refractivity contribution in [1.82, 2.24) is 10.2 Å². The normalized spacial score (nSPS) is 15.2. The van der Waals surface area contributed by atoms with Gasteiger partial charge in [-0.2, -0.15) is 0 Å². The first-order valence-corrected chi connectivity index (χ1v) is 5.99. The highest BCUT2D eigenvalue weighted by Crippen LogP contribution is 2.24. The summed E-state index contributed by atoms with van der Waals surface area (Å²) in [7, 11) is 1.42. The maximum Gasteiger partial charge on any atom is 0.404 e. The second-order valence-electron chi connectivity index (χ2n) is 4.32. The summed E-state index contributed by atoms with van der Waals surface area (Å²) >= 11 is 0. The third-order valence-electron chi connectivity index (χ3n) is 3.04. The second kappa shape index (κ2) is 5.70. The molecule has 0 radical (unpaired) electrons. The Bertz CT molecular complexity index is 522. The summed E-state index contributed by atoms with van der Waals surface area (Å²) in [5, 5.41) is 10.8. The van der Waals surface area contributed by atoms with Crippen molar-refractivity contribution in [2.45, 2.75) is 6.04 Å². The molecule has 2 rings (SSSR count). The number of methoxy groups -OCH3 is 1. The summed E-state index contributed by atoms with van der Waals surface area (Å²) in [5.41, 5.74) is 0.655. The fourth-order valence-electron chi connectivity index (χ4n) is 2.16. The monoisotopic (exact) mass is 278 g/mol. The van der Waals surface area contributed by atoms with E-state index in [0.717, 1.165) is 4.90 Å². The molecular formula is C13H14N2O5. The molecule has 20 heavy (non-hydrogen) atoms. The lowest BCUT2D eigenvalue weighted by atomic mass is 10.1. The van der Waals surface area contributed by atoms with E-state index < -0.39 is 23.9 Å². The number of fused-ring (bicyclic) bond motifs is 1. The average Bonchev–Trinajstić information content (AvgIpc) is 2.68. The van der Waals surface area contributed by atoms with Crippen molar-refractivity contribution in [3.63, 3.8) is 0 Å². The summed E-state index contributed by atoms with van der Waals surface area (Å²) in [6.07, 6.45) is -1.22. The smallest absolute Gasteiger partial charge is 0.404 e. The standard InChI is InChI=1S/C13H14N2O5/c1-20-7-8(6-14-13(18)19)15-11(16)9-4-2-3-5-10(9)12(15)17/h2-5,8,14H,6-7H2,1H3,(H,18,19). The quantitative estimate of drug-likeness (QED) is 0.767. The van der Waals surface area contributed by atoms with Crippen LogP contribution in [-0.2, 0) is 4.74 Å². The van der Waals surface area contributed by atoms with Crippen molar-refractivity contribution < 1.29 is 24.2 Å². The number of benzene rings is 1. The molecule has 0 aromatic heterocycles. The van der Waals surface area contributed by atoms with Crippen LogP contribution in [-0.4, -0.2) is 54.2 Å². The summed E-state index contributed by atoms with van der Waals surface area (Å²) in [6, 6.07) is 5.82. The molecule has 7 heteroatoms. The zero-order chi connectivity index (χ0) is 14.7. The number of hydrogen-bond donors (Lipinski definition) is 2. The van der Waals surface area contributed by atoms with Gasteiger partial charge in [0.1, 0.15) is 0 Å². The van der Waals surface area contributed by atoms with Crippen molar-refractivity contribution in [3.8, 4) is 0 Å². The van der Waals surface area contributed by atoms with E-state index in [9.17, 15) is 14.4 Å². The number of nitrogens with one attached hydrogen (secondary N) is 1. The number of nitrogens with zero attached hydrogens (tertiary/aromatic N) is 1. The molecule has 0 aliphatic carbocycles. The van der Waals surface area contributed by atoms with Crippen LogP contribution >= 0.6 is 0 Å². The first-order chi connectivity index (χ1) is 9.56. The number of carbonyl (C=O) groups is 3. The predicted molar refractivity (Wildman–Crippen MR) is 68.6 cm³/mol. The van der Waals surface area contributed by atoms with Crippen molar-refractivity contribution in [3.05, 3.63) is 35.4 Å². The van der Waals surface area contributed by atoms with Gasteiger partial charge >= 0.3 is 6.09 Å². The Labute approximate surface area is 115 Å². The summed E-state index contributed by atoms with van der Waals surface area (Å²) in [5.74, 6) is -0.861. The van der Waals surface area contributed by atoms with Crippen molar-refractivity contribution in [2.75, 3.05) is 20.3 Å². The van der Waals surface area contributed by atoms with Crippen molar-refractivity contribution in [1.29, 1.82) is 0 Å². The molecule has 1 heterocycles. The Morgan fingerprint density at radius 1 is 1.30 bits per heavy atom. The highest BCUT2D eigenvalue weighted by molar-refractivity contribution is 6.21. The first kappa shape index (κ1) is 14.0. The molecule has 1 aromatic carbocycles. The van der Waals surface area contributed by atoms with Crippen LogP contribution in [0.2, 0.25) is 0 Å². The van der Waals surface area contributed by atoms with Crippen LogP contribution in [0.3, 0.4) is 0 Å². The fourth-order valence-corrected chi connectivity index (χ4v) is 2.16. The van der Waals surface area contributed by atoms with E-state index in [1.165, 1.54) is 7.11 Å². The minimum absolute atomic E-state index is 0.0613. The van der Waals surface area contributed by atoms with Crippen LogP contribution < -0.4 is 5.32 Å². The molecule has 0 bridgehead atoms. The minimum atomic E-state index is -1.22. The van der Waals surface area contributed by atoms with Crippen LogP contribution in [0.5, 0.6) is 0 Å². The van der Waals surface area contributed by atoms with Crippen LogP contribution in [0.25, 0.3) is 0 Å². The van der Waals surface area contributed by atoms with E-state index >= 15 is 0 Å². The molecule has 0 spiro atoms. The van der Waals surface area contributed by atoms with Gasteiger partial charge in [0, 0.05) is 13.7 Å². The highest BCUT2D eigenvalue weighted by Gasteiger charge is 2.39. The predicted octanol–water partition coefficient (Wildman–Crippen LogP) is 0.565. The molecule has 2 N–H and O–H groups in total. The van der Waals surface area contributed by atoms with Gasteiger partial charge in [-0.05, 0) is 12.1 Å². The average molecular weight is 278 g/mol. The Morgan fingerprint density at radius 2 is 1.85 bits per heavy atom. The van der Waals surface area contributed by atoms with Gasteiger partial charge in [-0.25, -0.2) is 4.79 Å². The van der Waals surface area contributed by atoms with E-state index in [1.54, 1.807) is 24.3 Å². The van der Waals surface area contributed by atoms with Crippen LogP contribution in [0, 0.1) is 0 Å². The zero-order valence-electron chi connectivity index (χ0n) is 10.8. The summed E-state index contributed by atoms with van der Waals surface area (Å²) in [6.45, 7) is -0.0135. The van der Waals surface area contributed by atoms with Gasteiger partial charge in [0.2, 0.25) is 0 Å². The number of hydrogen-bond acceptors (Lipinski definition) is 4. The molecule has 1 aliphatic rings. The van der Waals surface area contributed by atoms with Crippen molar-refractivity contribution >= 4 is 17.9 Å². The maximum absolute atomic E-state index is 12.2. The number of ether oxygens (including phenoxy) is 1. The second-order valence-corrected chi connectivity index (χ2v) is 4.32. The lowest BCUT2D eigenvalue weighted by molar-refractivity contribution is 0.0470. The molecule has 1 atom stereocenters. The minimum Gasteiger partial charge on any atom is -0.465 e. The molecular weight excluding hydrogens is 264 g/mol. The molecule has 1 aliphatic heterocycles. The molecule has 0 fully saturated rings. The van der Waals surface area contributed by atoms with Gasteiger partial charge in [0.15, 0.2) is 0 Å². The molecule has 0 saturated carbocycles. The van der Waals surface area contributed by atoms with E-state index in [0.29, 0.717) is 11.1 Å². The SMILES string of the molecule is COCC(CNC(=O)O)N1C(=O)c2ccccc2C1=O. The molecule has 1 aromatic rings. The molecule has 0 saturated heterocycles. The maximum atomic E-state index is 12.2. The van der Waals surface area contributed by atoms with Crippen molar-refractivity contribution in [2.24, 2.45) is 0 Å². The Morgan fingerprint density at radius 3 is 2.30 bits per heavy atom. The van der Waals surface area contributed by atoms with Gasteiger partial charge in [0.25, 0.3) is 11.8 Å². The summed E-state index contributed by atoms with van der Waals surface area (Å²) < 4.78 is 4.97. The highest BCUT2D eigenvalue weighted by atomic mass is 16.5. The fraction of sp³-hybridized carbons (Fsp3) is 0.308. The van der Waals surface area contributed by atoms with Gasteiger partial charge < -0.3 is 15.2 Å². The molecule has 3 amide bonds. The van der Waals surface area contributed by atoms with Crippen LogP contribution in [0.1, 0.15) is 20.7 Å². The van der Waals surface area contributed by atoms with E-state index in [4.69, 9.17) is 9.84 Å². The Balaban J connectivity index is 2.24. The lowest BCUT2D eigenvalue weighted by Crippen LogP contribution is -2.48. The third-order valence-corrected chi connectivity index (χ3v) is 3.04. The van der Waals surface area contributed by atoms with Crippen LogP contribution in [0.4, 0.5) is 4.79 Å². The molecule has 106 valence electrons. The van der Waals surface area contributed by atoms with Crippen LogP contribution in [0.15, 0.2) is 24.3 Å². The van der Waals surface area contributed by atoms with Gasteiger partial charge in [-0.1, -0.05) is 12.1 Å². The molecule has 7 nitrogen and oxygen atoms in total. The number of imide groups is 1. The van der Waals surface area contributed by atoms with Gasteiger partial charge in [-0.15, -0.1) is 0 Å². The van der Waals surface area contributed by atoms with Gasteiger partial charge in [0.05, 0.1) is 23.8 Å². The van der Waals surface area contributed by atoms with E-state index in [2.05, 4.69) is 5.32 Å². The Kier molecular flexibility index (Phi) is 3.99. The largest absolute Gasteiger partial charge is 0.465 e. The molecule has 1 unspecified atom stereocenters. The zero-order valence-corrected chi connectivity index (χ0v) is 10.8. The third kappa shape index (κ3) is 2.48. The van der Waals surface area contributed by atoms with E-state index in [-0.39, 0.29) is 13.2 Å². The lowest BCUT2D eigenvalue weighted by Gasteiger charge is -2.25. The van der Waals surface area contributed by atoms with Gasteiger partial charge in [-0.3, -0.25) is 14.5 Å². The number of rotatable bonds is 5. The number of carbonyl (C=O) groups excluding carboxylic acids is 2.